The van der Waals surface area contributed by atoms with E-state index in [9.17, 15) is 14.7 Å². The number of aryl methyl sites for hydroxylation is 2. The lowest BCUT2D eigenvalue weighted by Gasteiger charge is -2.41. The Kier molecular flexibility index (Phi) is 5.46. The Morgan fingerprint density at radius 1 is 1.00 bits per heavy atom. The predicted octanol–water partition coefficient (Wildman–Crippen LogP) is 4.59. The molecule has 2 aliphatic rings. The summed E-state index contributed by atoms with van der Waals surface area (Å²) in [6.07, 6.45) is 2.68. The van der Waals surface area contributed by atoms with Crippen LogP contribution in [-0.2, 0) is 12.8 Å². The second-order valence-electron chi connectivity index (χ2n) is 8.93. The van der Waals surface area contributed by atoms with Crippen molar-refractivity contribution in [2.75, 3.05) is 6.54 Å². The first-order valence-corrected chi connectivity index (χ1v) is 11.7. The van der Waals surface area contributed by atoms with Crippen LogP contribution in [-0.4, -0.2) is 38.3 Å². The highest BCUT2D eigenvalue weighted by Crippen LogP contribution is 2.45. The molecular formula is C25H23Cl2N3O3. The Bertz CT molecular complexity index is 1280. The van der Waals surface area contributed by atoms with Crippen molar-refractivity contribution < 1.29 is 9.90 Å². The summed E-state index contributed by atoms with van der Waals surface area (Å²) in [5.74, 6) is -1.15. The molecule has 0 saturated carbocycles. The summed E-state index contributed by atoms with van der Waals surface area (Å²) in [6, 6.07) is 11.3. The lowest BCUT2D eigenvalue weighted by molar-refractivity contribution is 0.0570. The number of rotatable bonds is 2. The van der Waals surface area contributed by atoms with Gasteiger partial charge in [0.2, 0.25) is 5.43 Å². The molecule has 1 aliphatic heterocycles. The van der Waals surface area contributed by atoms with Crippen LogP contribution in [0.3, 0.4) is 0 Å². The molecule has 3 aromatic rings. The summed E-state index contributed by atoms with van der Waals surface area (Å²) >= 11 is 12.7. The molecule has 0 saturated heterocycles. The fourth-order valence-electron chi connectivity index (χ4n) is 5.14. The summed E-state index contributed by atoms with van der Waals surface area (Å²) in [6.45, 7) is 4.23. The number of amides is 1. The maximum absolute atomic E-state index is 13.2. The normalized spacial score (nSPS) is 18.0. The average Bonchev–Trinajstić information content (AvgIpc) is 2.92. The van der Waals surface area contributed by atoms with Gasteiger partial charge in [-0.3, -0.25) is 14.3 Å². The van der Waals surface area contributed by atoms with E-state index >= 15 is 0 Å². The fourth-order valence-corrected chi connectivity index (χ4v) is 5.53. The summed E-state index contributed by atoms with van der Waals surface area (Å²) in [5, 5.41) is 16.3. The number of fused-ring (bicyclic) bond motifs is 3. The number of aromatic nitrogens is 2. The van der Waals surface area contributed by atoms with Gasteiger partial charge in [-0.1, -0.05) is 35.3 Å². The van der Waals surface area contributed by atoms with Crippen LogP contribution in [0.5, 0.6) is 5.75 Å². The summed E-state index contributed by atoms with van der Waals surface area (Å²) in [7, 11) is 0. The van der Waals surface area contributed by atoms with Crippen molar-refractivity contribution in [3.63, 3.8) is 0 Å². The first-order chi connectivity index (χ1) is 15.8. The Hall–Kier alpha value is -2.83. The van der Waals surface area contributed by atoms with Crippen molar-refractivity contribution in [3.05, 3.63) is 90.8 Å². The van der Waals surface area contributed by atoms with E-state index in [1.165, 1.54) is 4.68 Å². The third kappa shape index (κ3) is 3.62. The van der Waals surface area contributed by atoms with Gasteiger partial charge in [0.05, 0.1) is 12.2 Å². The maximum Gasteiger partial charge on any atom is 0.276 e. The van der Waals surface area contributed by atoms with Crippen LogP contribution >= 0.6 is 23.2 Å². The second-order valence-corrected chi connectivity index (χ2v) is 9.81. The average molecular weight is 484 g/mol. The number of nitrogens with zero attached hydrogens (tertiary/aromatic N) is 3. The van der Waals surface area contributed by atoms with Gasteiger partial charge in [-0.25, -0.2) is 0 Å². The second kappa shape index (κ2) is 8.19. The molecule has 1 amide bonds. The van der Waals surface area contributed by atoms with Crippen molar-refractivity contribution in [2.24, 2.45) is 0 Å². The maximum atomic E-state index is 13.2. The van der Waals surface area contributed by atoms with Gasteiger partial charge in [-0.2, -0.15) is 5.10 Å². The number of hydrogen-bond acceptors (Lipinski definition) is 4. The van der Waals surface area contributed by atoms with Gasteiger partial charge in [0.1, 0.15) is 0 Å². The molecule has 0 bridgehead atoms. The van der Waals surface area contributed by atoms with Crippen molar-refractivity contribution in [3.8, 4) is 5.75 Å². The van der Waals surface area contributed by atoms with Gasteiger partial charge < -0.3 is 10.0 Å². The van der Waals surface area contributed by atoms with Crippen LogP contribution in [0, 0.1) is 0 Å². The molecule has 0 spiro atoms. The highest BCUT2D eigenvalue weighted by molar-refractivity contribution is 6.31. The van der Waals surface area contributed by atoms with Crippen molar-refractivity contribution in [1.29, 1.82) is 0 Å². The molecule has 1 aromatic heterocycles. The summed E-state index contributed by atoms with van der Waals surface area (Å²) < 4.78 is 1.53. The monoisotopic (exact) mass is 483 g/mol. The summed E-state index contributed by atoms with van der Waals surface area (Å²) in [5.41, 5.74) is 3.70. The molecule has 6 nitrogen and oxygen atoms in total. The third-order valence-electron chi connectivity index (χ3n) is 6.70. The van der Waals surface area contributed by atoms with E-state index in [-0.39, 0.29) is 23.7 Å². The predicted molar refractivity (Wildman–Crippen MR) is 128 cm³/mol. The van der Waals surface area contributed by atoms with Gasteiger partial charge in [-0.05, 0) is 73.2 Å². The topological polar surface area (TPSA) is 75.4 Å². The fraction of sp³-hybridized carbons (Fsp3) is 0.320. The SMILES string of the molecule is CC(C)N1CC(C2c3ccc(Cl)cc3CCc3cc(Cl)ccc32)n2ncc(=O)c(O)c2C1=O. The van der Waals surface area contributed by atoms with E-state index in [0.717, 1.165) is 41.3 Å². The van der Waals surface area contributed by atoms with Crippen molar-refractivity contribution in [1.82, 2.24) is 14.7 Å². The molecule has 5 rings (SSSR count). The zero-order chi connectivity index (χ0) is 23.4. The largest absolute Gasteiger partial charge is 0.502 e. The van der Waals surface area contributed by atoms with E-state index < -0.39 is 17.1 Å². The van der Waals surface area contributed by atoms with Crippen molar-refractivity contribution in [2.45, 2.75) is 44.7 Å². The standard InChI is InChI=1S/C25H23Cl2N3O3/c1-13(2)29-12-20(30-23(25(29)33)24(32)21(31)11-28-30)22-18-7-5-16(26)9-14(18)3-4-15-10-17(27)6-8-19(15)22/h5-11,13,20,22,32H,3-4,12H2,1-2H3. The molecular weight excluding hydrogens is 461 g/mol. The zero-order valence-corrected chi connectivity index (χ0v) is 19.8. The van der Waals surface area contributed by atoms with Crippen LogP contribution in [0.1, 0.15) is 58.5 Å². The number of carbonyl (C=O) groups excluding carboxylic acids is 1. The Morgan fingerprint density at radius 2 is 1.58 bits per heavy atom. The molecule has 1 unspecified atom stereocenters. The van der Waals surface area contributed by atoms with E-state index in [2.05, 4.69) is 5.10 Å². The molecule has 170 valence electrons. The van der Waals surface area contributed by atoms with Gasteiger partial charge in [0.15, 0.2) is 11.4 Å². The third-order valence-corrected chi connectivity index (χ3v) is 7.17. The number of aromatic hydroxyl groups is 1. The molecule has 0 fully saturated rings. The van der Waals surface area contributed by atoms with E-state index in [0.29, 0.717) is 16.6 Å². The quantitative estimate of drug-likeness (QED) is 0.578. The van der Waals surface area contributed by atoms with Crippen LogP contribution < -0.4 is 5.43 Å². The molecule has 33 heavy (non-hydrogen) atoms. The van der Waals surface area contributed by atoms with Crippen molar-refractivity contribution >= 4 is 29.1 Å². The molecule has 2 heterocycles. The molecule has 0 radical (unpaired) electrons. The molecule has 1 aliphatic carbocycles. The smallest absolute Gasteiger partial charge is 0.276 e. The van der Waals surface area contributed by atoms with Crippen LogP contribution in [0.2, 0.25) is 10.0 Å². The Morgan fingerprint density at radius 3 is 2.12 bits per heavy atom. The van der Waals surface area contributed by atoms with E-state index in [4.69, 9.17) is 23.2 Å². The number of halogens is 2. The minimum absolute atomic E-state index is 0.0669. The van der Waals surface area contributed by atoms with Gasteiger partial charge >= 0.3 is 0 Å². The number of benzene rings is 2. The lowest BCUT2D eigenvalue weighted by Crippen LogP contribution is -2.49. The lowest BCUT2D eigenvalue weighted by atomic mass is 9.81. The summed E-state index contributed by atoms with van der Waals surface area (Å²) in [4.78, 5) is 27.1. The Balaban J connectivity index is 1.80. The van der Waals surface area contributed by atoms with Crippen LogP contribution in [0.15, 0.2) is 47.4 Å². The Labute approximate surface area is 201 Å². The zero-order valence-electron chi connectivity index (χ0n) is 18.3. The van der Waals surface area contributed by atoms with Crippen LogP contribution in [0.4, 0.5) is 0 Å². The number of carbonyl (C=O) groups is 1. The highest BCUT2D eigenvalue weighted by Gasteiger charge is 2.42. The van der Waals surface area contributed by atoms with Crippen LogP contribution in [0.25, 0.3) is 0 Å². The van der Waals surface area contributed by atoms with Gasteiger partial charge in [0, 0.05) is 28.5 Å². The highest BCUT2D eigenvalue weighted by atomic mass is 35.5. The first-order valence-electron chi connectivity index (χ1n) is 10.9. The van der Waals surface area contributed by atoms with E-state index in [1.807, 2.05) is 50.2 Å². The van der Waals surface area contributed by atoms with Gasteiger partial charge in [-0.15, -0.1) is 0 Å². The number of hydrogen-bond donors (Lipinski definition) is 1. The molecule has 2 aromatic carbocycles. The van der Waals surface area contributed by atoms with Gasteiger partial charge in [0.25, 0.3) is 5.91 Å². The minimum Gasteiger partial charge on any atom is -0.502 e. The molecule has 1 N–H and O–H groups in total. The molecule has 1 atom stereocenters. The molecule has 8 heteroatoms. The minimum atomic E-state index is -0.667. The van der Waals surface area contributed by atoms with E-state index in [1.54, 1.807) is 4.90 Å². The first kappa shape index (κ1) is 22.0.